The van der Waals surface area contributed by atoms with E-state index in [1.54, 1.807) is 16.7 Å². The van der Waals surface area contributed by atoms with Crippen LogP contribution in [0, 0.1) is 10.1 Å². The molecule has 156 valence electrons. The second-order valence-corrected chi connectivity index (χ2v) is 7.20. The molecule has 0 aliphatic carbocycles. The summed E-state index contributed by atoms with van der Waals surface area (Å²) in [5, 5.41) is 11.3. The van der Waals surface area contributed by atoms with Gasteiger partial charge in [0.15, 0.2) is 0 Å². The number of nitro groups is 1. The number of rotatable bonds is 6. The summed E-state index contributed by atoms with van der Waals surface area (Å²) in [6.07, 6.45) is 3.19. The van der Waals surface area contributed by atoms with Crippen LogP contribution in [0.25, 0.3) is 28.3 Å². The summed E-state index contributed by atoms with van der Waals surface area (Å²) in [5.41, 5.74) is 4.62. The van der Waals surface area contributed by atoms with Gasteiger partial charge in [-0.05, 0) is 48.0 Å². The fourth-order valence-corrected chi connectivity index (χ4v) is 3.55. The third kappa shape index (κ3) is 3.79. The Morgan fingerprint density at radius 3 is 2.41 bits per heavy atom. The van der Waals surface area contributed by atoms with Gasteiger partial charge in [0.2, 0.25) is 0 Å². The van der Waals surface area contributed by atoms with Crippen molar-refractivity contribution in [1.82, 2.24) is 14.4 Å². The standard InChI is InChI=1S/C25H18N4O3/c30-29(31)20-11-14-23-27-24(22-8-4-5-15-26-22)25(28(23)16-20)19-9-12-21(13-10-19)32-17-18-6-2-1-3-7-18/h1-16H,17H2. The van der Waals surface area contributed by atoms with Gasteiger partial charge in [0.25, 0.3) is 5.69 Å². The van der Waals surface area contributed by atoms with Crippen LogP contribution in [0.5, 0.6) is 5.75 Å². The Hall–Kier alpha value is -4.52. The van der Waals surface area contributed by atoms with Crippen molar-refractivity contribution >= 4 is 11.3 Å². The van der Waals surface area contributed by atoms with Crippen LogP contribution in [0.1, 0.15) is 5.56 Å². The number of pyridine rings is 2. The third-order valence-electron chi connectivity index (χ3n) is 5.10. The molecule has 0 saturated carbocycles. The molecule has 0 N–H and O–H groups in total. The van der Waals surface area contributed by atoms with Crippen LogP contribution in [-0.2, 0) is 6.61 Å². The molecule has 5 aromatic rings. The van der Waals surface area contributed by atoms with E-state index in [2.05, 4.69) is 4.98 Å². The van der Waals surface area contributed by atoms with Gasteiger partial charge in [0.05, 0.1) is 22.5 Å². The molecule has 32 heavy (non-hydrogen) atoms. The van der Waals surface area contributed by atoms with Crippen molar-refractivity contribution in [2.45, 2.75) is 6.61 Å². The fourth-order valence-electron chi connectivity index (χ4n) is 3.55. The van der Waals surface area contributed by atoms with Crippen molar-refractivity contribution in [2.24, 2.45) is 0 Å². The van der Waals surface area contributed by atoms with Crippen molar-refractivity contribution < 1.29 is 9.66 Å². The fraction of sp³-hybridized carbons (Fsp3) is 0.0400. The van der Waals surface area contributed by atoms with Gasteiger partial charge in [-0.3, -0.25) is 19.5 Å². The monoisotopic (exact) mass is 422 g/mol. The van der Waals surface area contributed by atoms with E-state index in [1.165, 1.54) is 12.3 Å². The number of ether oxygens (including phenoxy) is 1. The zero-order valence-electron chi connectivity index (χ0n) is 17.0. The van der Waals surface area contributed by atoms with Gasteiger partial charge in [-0.2, -0.15) is 0 Å². The number of fused-ring (bicyclic) bond motifs is 1. The normalized spacial score (nSPS) is 10.9. The highest BCUT2D eigenvalue weighted by molar-refractivity contribution is 5.81. The van der Waals surface area contributed by atoms with Crippen molar-refractivity contribution in [3.63, 3.8) is 0 Å². The molecule has 0 saturated heterocycles. The molecular weight excluding hydrogens is 404 g/mol. The highest BCUT2D eigenvalue weighted by Crippen LogP contribution is 2.33. The number of hydrogen-bond acceptors (Lipinski definition) is 5. The molecule has 0 aliphatic heterocycles. The maximum absolute atomic E-state index is 11.3. The molecule has 3 aromatic heterocycles. The van der Waals surface area contributed by atoms with Gasteiger partial charge in [-0.1, -0.05) is 36.4 Å². The molecule has 0 aliphatic rings. The Morgan fingerprint density at radius 2 is 1.69 bits per heavy atom. The summed E-state index contributed by atoms with van der Waals surface area (Å²) < 4.78 is 7.63. The van der Waals surface area contributed by atoms with Crippen molar-refractivity contribution in [3.05, 3.63) is 113 Å². The van der Waals surface area contributed by atoms with Gasteiger partial charge in [0.1, 0.15) is 23.7 Å². The lowest BCUT2D eigenvalue weighted by Gasteiger charge is -2.09. The van der Waals surface area contributed by atoms with Crippen LogP contribution >= 0.6 is 0 Å². The minimum Gasteiger partial charge on any atom is -0.489 e. The lowest BCUT2D eigenvalue weighted by Crippen LogP contribution is -1.96. The van der Waals surface area contributed by atoms with Gasteiger partial charge < -0.3 is 4.74 Å². The first-order valence-corrected chi connectivity index (χ1v) is 10.0. The first-order chi connectivity index (χ1) is 15.7. The largest absolute Gasteiger partial charge is 0.489 e. The van der Waals surface area contributed by atoms with Gasteiger partial charge in [-0.25, -0.2) is 4.98 Å². The molecular formula is C25H18N4O3. The maximum atomic E-state index is 11.3. The molecule has 3 heterocycles. The predicted octanol–water partition coefficient (Wildman–Crippen LogP) is 5.55. The summed E-state index contributed by atoms with van der Waals surface area (Å²) in [5.74, 6) is 0.733. The topological polar surface area (TPSA) is 82.6 Å². The minimum atomic E-state index is -0.413. The van der Waals surface area contributed by atoms with E-state index in [0.29, 0.717) is 23.6 Å². The maximum Gasteiger partial charge on any atom is 0.286 e. The van der Waals surface area contributed by atoms with Crippen LogP contribution < -0.4 is 4.74 Å². The third-order valence-corrected chi connectivity index (χ3v) is 5.10. The van der Waals surface area contributed by atoms with E-state index in [4.69, 9.17) is 9.72 Å². The summed E-state index contributed by atoms with van der Waals surface area (Å²) in [6.45, 7) is 0.473. The molecule has 0 fully saturated rings. The molecule has 0 bridgehead atoms. The first-order valence-electron chi connectivity index (χ1n) is 10.0. The second-order valence-electron chi connectivity index (χ2n) is 7.20. The van der Waals surface area contributed by atoms with E-state index in [-0.39, 0.29) is 5.69 Å². The molecule has 7 nitrogen and oxygen atoms in total. The zero-order valence-corrected chi connectivity index (χ0v) is 17.0. The number of imidazole rings is 1. The van der Waals surface area contributed by atoms with Crippen LogP contribution in [-0.4, -0.2) is 19.3 Å². The Balaban J connectivity index is 1.55. The number of hydrogen-bond donors (Lipinski definition) is 0. The second kappa shape index (κ2) is 8.31. The molecule has 0 radical (unpaired) electrons. The molecule has 5 rings (SSSR count). The van der Waals surface area contributed by atoms with Crippen molar-refractivity contribution in [3.8, 4) is 28.4 Å². The Kier molecular flexibility index (Phi) is 5.05. The highest BCUT2D eigenvalue weighted by atomic mass is 16.6. The van der Waals surface area contributed by atoms with Crippen LogP contribution in [0.4, 0.5) is 5.69 Å². The van der Waals surface area contributed by atoms with Gasteiger partial charge >= 0.3 is 0 Å². The Labute approximate surface area is 183 Å². The van der Waals surface area contributed by atoms with Crippen LogP contribution in [0.3, 0.4) is 0 Å². The lowest BCUT2D eigenvalue weighted by atomic mass is 10.1. The number of benzene rings is 2. The molecule has 0 spiro atoms. The lowest BCUT2D eigenvalue weighted by molar-refractivity contribution is -0.385. The summed E-state index contributed by atoms with van der Waals surface area (Å²) in [6, 6.07) is 26.3. The van der Waals surface area contributed by atoms with E-state index in [9.17, 15) is 10.1 Å². The van der Waals surface area contributed by atoms with Crippen molar-refractivity contribution in [2.75, 3.05) is 0 Å². The quantitative estimate of drug-likeness (QED) is 0.265. The molecule has 2 aromatic carbocycles. The van der Waals surface area contributed by atoms with Crippen LogP contribution in [0.15, 0.2) is 97.3 Å². The average molecular weight is 422 g/mol. The average Bonchev–Trinajstić information content (AvgIpc) is 3.23. The first kappa shape index (κ1) is 19.4. The van der Waals surface area contributed by atoms with Gasteiger partial charge in [0, 0.05) is 17.8 Å². The van der Waals surface area contributed by atoms with Crippen LogP contribution in [0.2, 0.25) is 0 Å². The smallest absolute Gasteiger partial charge is 0.286 e. The molecule has 0 unspecified atom stereocenters. The zero-order chi connectivity index (χ0) is 21.9. The van der Waals surface area contributed by atoms with E-state index >= 15 is 0 Å². The van der Waals surface area contributed by atoms with E-state index < -0.39 is 4.92 Å². The summed E-state index contributed by atoms with van der Waals surface area (Å²) in [7, 11) is 0. The van der Waals surface area contributed by atoms with Crippen molar-refractivity contribution in [1.29, 1.82) is 0 Å². The highest BCUT2D eigenvalue weighted by Gasteiger charge is 2.19. The SMILES string of the molecule is O=[N+]([O-])c1ccc2nc(-c3ccccn3)c(-c3ccc(OCc4ccccc4)cc3)n2c1. The predicted molar refractivity (Wildman–Crippen MR) is 121 cm³/mol. The van der Waals surface area contributed by atoms with E-state index in [0.717, 1.165) is 22.6 Å². The Morgan fingerprint density at radius 1 is 0.906 bits per heavy atom. The molecule has 0 amide bonds. The minimum absolute atomic E-state index is 0.00784. The summed E-state index contributed by atoms with van der Waals surface area (Å²) >= 11 is 0. The number of aromatic nitrogens is 3. The van der Waals surface area contributed by atoms with E-state index in [1.807, 2.05) is 72.8 Å². The molecule has 7 heteroatoms. The number of nitrogens with zero attached hydrogens (tertiary/aromatic N) is 4. The molecule has 0 atom stereocenters. The van der Waals surface area contributed by atoms with Gasteiger partial charge in [-0.15, -0.1) is 0 Å². The summed E-state index contributed by atoms with van der Waals surface area (Å²) in [4.78, 5) is 20.1. The Bertz CT molecular complexity index is 1380.